The molecule has 1 aromatic heterocycles. The third-order valence-corrected chi connectivity index (χ3v) is 2.97. The Morgan fingerprint density at radius 2 is 2.05 bits per heavy atom. The molecule has 106 valence electrons. The lowest BCUT2D eigenvalue weighted by Gasteiger charge is -2.14. The summed E-state index contributed by atoms with van der Waals surface area (Å²) in [5, 5.41) is 11.7. The third kappa shape index (κ3) is 3.91. The normalized spacial score (nSPS) is 11.1. The van der Waals surface area contributed by atoms with Crippen LogP contribution in [0.2, 0.25) is 0 Å². The standard InChI is InChI=1S/C17H16N2O2/c1-13(14-7-3-2-4-8-14)19-17(21)16-15(10-6-12-20)9-5-11-18-16/h2-5,7-9,11,13,20H,12H2,1H3,(H,19,21). The molecule has 0 saturated heterocycles. The van der Waals surface area contributed by atoms with E-state index in [9.17, 15) is 4.79 Å². The summed E-state index contributed by atoms with van der Waals surface area (Å²) in [6, 6.07) is 13.0. The number of carbonyl (C=O) groups is 1. The molecule has 0 aliphatic carbocycles. The second kappa shape index (κ2) is 7.22. The predicted molar refractivity (Wildman–Crippen MR) is 80.5 cm³/mol. The summed E-state index contributed by atoms with van der Waals surface area (Å²) >= 11 is 0. The van der Waals surface area contributed by atoms with E-state index in [1.54, 1.807) is 18.3 Å². The van der Waals surface area contributed by atoms with Crippen LogP contribution in [0.15, 0.2) is 48.7 Å². The fourth-order valence-corrected chi connectivity index (χ4v) is 1.91. The minimum Gasteiger partial charge on any atom is -0.384 e. The van der Waals surface area contributed by atoms with Crippen LogP contribution < -0.4 is 5.32 Å². The van der Waals surface area contributed by atoms with Crippen molar-refractivity contribution in [2.24, 2.45) is 0 Å². The maximum absolute atomic E-state index is 12.3. The van der Waals surface area contributed by atoms with Crippen LogP contribution in [0.5, 0.6) is 0 Å². The lowest BCUT2D eigenvalue weighted by Crippen LogP contribution is -2.28. The van der Waals surface area contributed by atoms with Gasteiger partial charge in [0.15, 0.2) is 0 Å². The summed E-state index contributed by atoms with van der Waals surface area (Å²) in [7, 11) is 0. The molecule has 1 heterocycles. The van der Waals surface area contributed by atoms with Gasteiger partial charge in [-0.1, -0.05) is 42.2 Å². The van der Waals surface area contributed by atoms with Gasteiger partial charge in [-0.2, -0.15) is 0 Å². The second-order valence-corrected chi connectivity index (χ2v) is 4.47. The second-order valence-electron chi connectivity index (χ2n) is 4.47. The number of amides is 1. The summed E-state index contributed by atoms with van der Waals surface area (Å²) < 4.78 is 0. The van der Waals surface area contributed by atoms with Crippen LogP contribution >= 0.6 is 0 Å². The number of aliphatic hydroxyl groups excluding tert-OH is 1. The smallest absolute Gasteiger partial charge is 0.271 e. The molecule has 4 nitrogen and oxygen atoms in total. The van der Waals surface area contributed by atoms with Crippen LogP contribution in [0.1, 0.15) is 34.6 Å². The average molecular weight is 280 g/mol. The van der Waals surface area contributed by atoms with Gasteiger partial charge in [-0.25, -0.2) is 4.98 Å². The topological polar surface area (TPSA) is 62.2 Å². The zero-order chi connectivity index (χ0) is 15.1. The first-order valence-electron chi connectivity index (χ1n) is 6.63. The van der Waals surface area contributed by atoms with Crippen molar-refractivity contribution in [1.29, 1.82) is 0 Å². The van der Waals surface area contributed by atoms with Crippen LogP contribution in [0.4, 0.5) is 0 Å². The van der Waals surface area contributed by atoms with Crippen molar-refractivity contribution in [2.75, 3.05) is 6.61 Å². The molecule has 0 radical (unpaired) electrons. The monoisotopic (exact) mass is 280 g/mol. The number of hydrogen-bond acceptors (Lipinski definition) is 3. The average Bonchev–Trinajstić information content (AvgIpc) is 2.54. The van der Waals surface area contributed by atoms with Gasteiger partial charge >= 0.3 is 0 Å². The molecule has 0 aliphatic heterocycles. The lowest BCUT2D eigenvalue weighted by atomic mass is 10.1. The van der Waals surface area contributed by atoms with Gasteiger partial charge in [0.1, 0.15) is 12.3 Å². The summed E-state index contributed by atoms with van der Waals surface area (Å²) in [5.41, 5.74) is 1.79. The van der Waals surface area contributed by atoms with Crippen LogP contribution in [-0.4, -0.2) is 22.6 Å². The Balaban J connectivity index is 2.17. The maximum Gasteiger partial charge on any atom is 0.271 e. The Kier molecular flexibility index (Phi) is 5.08. The number of pyridine rings is 1. The van der Waals surface area contributed by atoms with Gasteiger partial charge in [0.25, 0.3) is 5.91 Å². The molecule has 1 unspecified atom stereocenters. The molecule has 2 rings (SSSR count). The van der Waals surface area contributed by atoms with E-state index >= 15 is 0 Å². The van der Waals surface area contributed by atoms with Crippen molar-refractivity contribution in [1.82, 2.24) is 10.3 Å². The van der Waals surface area contributed by atoms with E-state index in [4.69, 9.17) is 5.11 Å². The highest BCUT2D eigenvalue weighted by Crippen LogP contribution is 2.13. The van der Waals surface area contributed by atoms with Crippen molar-refractivity contribution < 1.29 is 9.90 Å². The summed E-state index contributed by atoms with van der Waals surface area (Å²) in [5.74, 6) is 4.98. The molecule has 0 bridgehead atoms. The number of hydrogen-bond donors (Lipinski definition) is 2. The van der Waals surface area contributed by atoms with E-state index in [1.807, 2.05) is 37.3 Å². The zero-order valence-electron chi connectivity index (χ0n) is 11.7. The molecule has 2 N–H and O–H groups in total. The van der Waals surface area contributed by atoms with Gasteiger partial charge in [-0.05, 0) is 24.6 Å². The molecule has 1 atom stereocenters. The van der Waals surface area contributed by atoms with Gasteiger partial charge in [0.2, 0.25) is 0 Å². The van der Waals surface area contributed by atoms with Crippen LogP contribution in [0, 0.1) is 11.8 Å². The van der Waals surface area contributed by atoms with Gasteiger partial charge in [-0.3, -0.25) is 4.79 Å². The van der Waals surface area contributed by atoms with E-state index in [0.717, 1.165) is 5.56 Å². The van der Waals surface area contributed by atoms with Gasteiger partial charge < -0.3 is 10.4 Å². The number of nitrogens with zero attached hydrogens (tertiary/aromatic N) is 1. The molecule has 0 saturated carbocycles. The Hall–Kier alpha value is -2.64. The molecule has 0 spiro atoms. The number of nitrogens with one attached hydrogen (secondary N) is 1. The molecule has 0 fully saturated rings. The summed E-state index contributed by atoms with van der Waals surface area (Å²) in [6.07, 6.45) is 1.55. The number of rotatable bonds is 3. The van der Waals surface area contributed by atoms with Crippen LogP contribution in [-0.2, 0) is 0 Å². The number of carbonyl (C=O) groups excluding carboxylic acids is 1. The summed E-state index contributed by atoms with van der Waals surface area (Å²) in [6.45, 7) is 1.66. The number of aliphatic hydroxyl groups is 1. The van der Waals surface area contributed by atoms with Crippen molar-refractivity contribution in [3.63, 3.8) is 0 Å². The van der Waals surface area contributed by atoms with Gasteiger partial charge in [0.05, 0.1) is 11.6 Å². The summed E-state index contributed by atoms with van der Waals surface area (Å²) in [4.78, 5) is 16.4. The van der Waals surface area contributed by atoms with Gasteiger partial charge in [0, 0.05) is 6.20 Å². The largest absolute Gasteiger partial charge is 0.384 e. The fraction of sp³-hybridized carbons (Fsp3) is 0.176. The first-order valence-corrected chi connectivity index (χ1v) is 6.63. The minimum absolute atomic E-state index is 0.126. The van der Waals surface area contributed by atoms with E-state index < -0.39 is 0 Å². The highest BCUT2D eigenvalue weighted by atomic mass is 16.2. The van der Waals surface area contributed by atoms with E-state index in [0.29, 0.717) is 5.56 Å². The Morgan fingerprint density at radius 1 is 1.29 bits per heavy atom. The molecular weight excluding hydrogens is 264 g/mol. The molecule has 0 aliphatic rings. The van der Waals surface area contributed by atoms with Crippen molar-refractivity contribution in [3.8, 4) is 11.8 Å². The Labute approximate surface area is 123 Å². The highest BCUT2D eigenvalue weighted by Gasteiger charge is 2.15. The molecule has 21 heavy (non-hydrogen) atoms. The van der Waals surface area contributed by atoms with E-state index in [2.05, 4.69) is 22.1 Å². The minimum atomic E-state index is -0.283. The first kappa shape index (κ1) is 14.8. The maximum atomic E-state index is 12.3. The quantitative estimate of drug-likeness (QED) is 0.844. The van der Waals surface area contributed by atoms with Crippen LogP contribution in [0.25, 0.3) is 0 Å². The molecular formula is C17H16N2O2. The first-order chi connectivity index (χ1) is 10.2. The predicted octanol–water partition coefficient (Wildman–Crippen LogP) is 1.92. The van der Waals surface area contributed by atoms with E-state index in [-0.39, 0.29) is 24.2 Å². The zero-order valence-corrected chi connectivity index (χ0v) is 11.7. The number of benzene rings is 1. The van der Waals surface area contributed by atoms with E-state index in [1.165, 1.54) is 0 Å². The van der Waals surface area contributed by atoms with Crippen molar-refractivity contribution >= 4 is 5.91 Å². The van der Waals surface area contributed by atoms with Crippen molar-refractivity contribution in [2.45, 2.75) is 13.0 Å². The molecule has 1 aromatic carbocycles. The fourth-order valence-electron chi connectivity index (χ4n) is 1.91. The van der Waals surface area contributed by atoms with Gasteiger partial charge in [-0.15, -0.1) is 0 Å². The number of aromatic nitrogens is 1. The lowest BCUT2D eigenvalue weighted by molar-refractivity contribution is 0.0934. The Bertz CT molecular complexity index is 672. The molecule has 2 aromatic rings. The van der Waals surface area contributed by atoms with Crippen LogP contribution in [0.3, 0.4) is 0 Å². The Morgan fingerprint density at radius 3 is 2.76 bits per heavy atom. The third-order valence-electron chi connectivity index (χ3n) is 2.97. The molecule has 4 heteroatoms. The van der Waals surface area contributed by atoms with Crippen molar-refractivity contribution in [3.05, 3.63) is 65.5 Å². The highest BCUT2D eigenvalue weighted by molar-refractivity contribution is 5.95. The SMILES string of the molecule is CC(NC(=O)c1ncccc1C#CCO)c1ccccc1. The molecule has 1 amide bonds.